The number of H-pyrrole nitrogens is 1. The molecule has 0 fully saturated rings. The van der Waals surface area contributed by atoms with Crippen LogP contribution < -0.4 is 0 Å². The van der Waals surface area contributed by atoms with Crippen LogP contribution in [0.4, 0.5) is 0 Å². The number of nitrogens with zero attached hydrogens (tertiary/aromatic N) is 1. The molecule has 128 valence electrons. The quantitative estimate of drug-likeness (QED) is 0.720. The third-order valence-corrected chi connectivity index (χ3v) is 3.68. The highest BCUT2D eigenvalue weighted by atomic mass is 16.4. The van der Waals surface area contributed by atoms with Gasteiger partial charge in [-0.05, 0) is 31.7 Å². The maximum Gasteiger partial charge on any atom is 0.305 e. The molecule has 2 N–H and O–H groups in total. The van der Waals surface area contributed by atoms with Crippen LogP contribution in [0.2, 0.25) is 0 Å². The summed E-state index contributed by atoms with van der Waals surface area (Å²) in [5, 5.41) is 8.88. The van der Waals surface area contributed by atoms with Crippen molar-refractivity contribution in [2.45, 2.75) is 47.5 Å². The Morgan fingerprint density at radius 2 is 1.87 bits per heavy atom. The molecular weight excluding hydrogens is 296 g/mol. The van der Waals surface area contributed by atoms with Crippen LogP contribution in [0.1, 0.15) is 66.2 Å². The predicted molar refractivity (Wildman–Crippen MR) is 87.9 cm³/mol. The van der Waals surface area contributed by atoms with Gasteiger partial charge in [0.05, 0.1) is 6.42 Å². The number of Topliss-reactive ketones (excluding diaryl/α,β-unsaturated/α-hetero) is 1. The lowest BCUT2D eigenvalue weighted by molar-refractivity contribution is -0.137. The normalized spacial score (nSPS) is 10.9. The van der Waals surface area contributed by atoms with Crippen LogP contribution in [0.3, 0.4) is 0 Å². The van der Waals surface area contributed by atoms with Crippen LogP contribution in [-0.4, -0.2) is 45.7 Å². The summed E-state index contributed by atoms with van der Waals surface area (Å²) in [5.41, 5.74) is 2.37. The zero-order valence-electron chi connectivity index (χ0n) is 14.5. The molecule has 0 atom stereocenters. The van der Waals surface area contributed by atoms with Gasteiger partial charge in [-0.25, -0.2) is 0 Å². The van der Waals surface area contributed by atoms with Crippen LogP contribution >= 0.6 is 0 Å². The summed E-state index contributed by atoms with van der Waals surface area (Å²) in [7, 11) is 0. The predicted octanol–water partition coefficient (Wildman–Crippen LogP) is 2.66. The summed E-state index contributed by atoms with van der Waals surface area (Å²) in [6, 6.07) is 0. The molecule has 0 aliphatic heterocycles. The van der Waals surface area contributed by atoms with Gasteiger partial charge in [0.1, 0.15) is 5.69 Å². The van der Waals surface area contributed by atoms with E-state index in [-0.39, 0.29) is 30.6 Å². The van der Waals surface area contributed by atoms with Gasteiger partial charge in [-0.3, -0.25) is 14.4 Å². The fourth-order valence-electron chi connectivity index (χ4n) is 2.79. The molecule has 0 radical (unpaired) electrons. The summed E-state index contributed by atoms with van der Waals surface area (Å²) in [5.74, 6) is -1.03. The molecule has 23 heavy (non-hydrogen) atoms. The number of hydrogen-bond donors (Lipinski definition) is 2. The van der Waals surface area contributed by atoms with Gasteiger partial charge in [0.15, 0.2) is 5.78 Å². The average Bonchev–Trinajstić information content (AvgIpc) is 2.78. The lowest BCUT2D eigenvalue weighted by Gasteiger charge is -2.24. The molecular formula is C17H26N2O4. The Bertz CT molecular complexity index is 602. The standard InChI is InChI=1S/C17H26N2O4/c1-6-13-15(12(5)20)11(4)18-16(13)17(23)19(9-10(2)3)8-7-14(21)22/h10,18H,6-9H2,1-5H3,(H,21,22). The fourth-order valence-corrected chi connectivity index (χ4v) is 2.79. The molecule has 1 aromatic rings. The number of ketones is 1. The molecule has 1 heterocycles. The minimum Gasteiger partial charge on any atom is -0.481 e. The molecule has 0 unspecified atom stereocenters. The first-order valence-corrected chi connectivity index (χ1v) is 7.92. The highest BCUT2D eigenvalue weighted by Gasteiger charge is 2.25. The van der Waals surface area contributed by atoms with E-state index in [4.69, 9.17) is 5.11 Å². The largest absolute Gasteiger partial charge is 0.481 e. The average molecular weight is 322 g/mol. The maximum atomic E-state index is 12.9. The number of nitrogens with one attached hydrogen (secondary N) is 1. The molecule has 0 bridgehead atoms. The Labute approximate surface area is 136 Å². The topological polar surface area (TPSA) is 90.5 Å². The Hall–Kier alpha value is -2.11. The molecule has 0 aromatic carbocycles. The zero-order chi connectivity index (χ0) is 17.7. The monoisotopic (exact) mass is 322 g/mol. The molecule has 0 saturated carbocycles. The van der Waals surface area contributed by atoms with Gasteiger partial charge in [-0.1, -0.05) is 20.8 Å². The number of carboxylic acids is 1. The van der Waals surface area contributed by atoms with E-state index in [1.807, 2.05) is 20.8 Å². The van der Waals surface area contributed by atoms with Crippen molar-refractivity contribution in [3.05, 3.63) is 22.5 Å². The van der Waals surface area contributed by atoms with E-state index in [2.05, 4.69) is 4.98 Å². The second-order valence-electron chi connectivity index (χ2n) is 6.18. The van der Waals surface area contributed by atoms with Gasteiger partial charge in [0.25, 0.3) is 5.91 Å². The molecule has 6 nitrogen and oxygen atoms in total. The van der Waals surface area contributed by atoms with Crippen molar-refractivity contribution in [1.82, 2.24) is 9.88 Å². The van der Waals surface area contributed by atoms with E-state index in [9.17, 15) is 14.4 Å². The van der Waals surface area contributed by atoms with Crippen molar-refractivity contribution in [2.75, 3.05) is 13.1 Å². The number of aromatic amines is 1. The minimum absolute atomic E-state index is 0.0735. The molecule has 1 amide bonds. The zero-order valence-corrected chi connectivity index (χ0v) is 14.5. The van der Waals surface area contributed by atoms with Gasteiger partial charge in [0.2, 0.25) is 0 Å². The van der Waals surface area contributed by atoms with Crippen molar-refractivity contribution in [1.29, 1.82) is 0 Å². The molecule has 0 spiro atoms. The van der Waals surface area contributed by atoms with E-state index in [1.165, 1.54) is 6.92 Å². The second-order valence-corrected chi connectivity index (χ2v) is 6.18. The van der Waals surface area contributed by atoms with Gasteiger partial charge < -0.3 is 15.0 Å². The number of carboxylic acid groups (broad SMARTS) is 1. The van der Waals surface area contributed by atoms with Crippen LogP contribution in [0.15, 0.2) is 0 Å². The molecule has 0 saturated heterocycles. The number of aromatic nitrogens is 1. The van der Waals surface area contributed by atoms with E-state index >= 15 is 0 Å². The minimum atomic E-state index is -0.936. The molecule has 0 aliphatic rings. The Morgan fingerprint density at radius 1 is 1.26 bits per heavy atom. The van der Waals surface area contributed by atoms with Crippen LogP contribution in [0, 0.1) is 12.8 Å². The highest BCUT2D eigenvalue weighted by molar-refractivity contribution is 6.02. The second kappa shape index (κ2) is 7.94. The van der Waals surface area contributed by atoms with Gasteiger partial charge in [0, 0.05) is 24.3 Å². The lowest BCUT2D eigenvalue weighted by atomic mass is 10.0. The smallest absolute Gasteiger partial charge is 0.305 e. The van der Waals surface area contributed by atoms with Crippen molar-refractivity contribution >= 4 is 17.7 Å². The summed E-state index contributed by atoms with van der Waals surface area (Å²) < 4.78 is 0. The number of aliphatic carboxylic acids is 1. The van der Waals surface area contributed by atoms with E-state index in [0.717, 1.165) is 0 Å². The molecule has 1 rings (SSSR count). The highest BCUT2D eigenvalue weighted by Crippen LogP contribution is 2.22. The molecule has 1 aromatic heterocycles. The Balaban J connectivity index is 3.19. The summed E-state index contributed by atoms with van der Waals surface area (Å²) >= 11 is 0. The lowest BCUT2D eigenvalue weighted by Crippen LogP contribution is -2.36. The van der Waals surface area contributed by atoms with Crippen LogP contribution in [-0.2, 0) is 11.2 Å². The maximum absolute atomic E-state index is 12.9. The number of hydrogen-bond acceptors (Lipinski definition) is 3. The molecule has 6 heteroatoms. The summed E-state index contributed by atoms with van der Waals surface area (Å²) in [6.07, 6.45) is 0.466. The van der Waals surface area contributed by atoms with Crippen molar-refractivity contribution in [3.63, 3.8) is 0 Å². The van der Waals surface area contributed by atoms with Gasteiger partial charge >= 0.3 is 5.97 Å². The van der Waals surface area contributed by atoms with Crippen LogP contribution in [0.5, 0.6) is 0 Å². The first-order valence-electron chi connectivity index (χ1n) is 7.92. The van der Waals surface area contributed by atoms with Crippen molar-refractivity contribution in [3.8, 4) is 0 Å². The third kappa shape index (κ3) is 4.68. The number of carbonyl (C=O) groups is 3. The SMILES string of the molecule is CCc1c(C(=O)N(CCC(=O)O)CC(C)C)[nH]c(C)c1C(C)=O. The Kier molecular flexibility index (Phi) is 6.54. The van der Waals surface area contributed by atoms with Crippen molar-refractivity contribution < 1.29 is 19.5 Å². The first-order chi connectivity index (χ1) is 10.7. The number of rotatable bonds is 8. The number of carbonyl (C=O) groups excluding carboxylic acids is 2. The third-order valence-electron chi connectivity index (χ3n) is 3.68. The fraction of sp³-hybridized carbons (Fsp3) is 0.588. The Morgan fingerprint density at radius 3 is 2.30 bits per heavy atom. The molecule has 0 aliphatic carbocycles. The van der Waals surface area contributed by atoms with Gasteiger partial charge in [-0.2, -0.15) is 0 Å². The summed E-state index contributed by atoms with van der Waals surface area (Å²) in [4.78, 5) is 40.1. The van der Waals surface area contributed by atoms with E-state index in [1.54, 1.807) is 11.8 Å². The van der Waals surface area contributed by atoms with Crippen molar-refractivity contribution in [2.24, 2.45) is 5.92 Å². The van der Waals surface area contributed by atoms with E-state index < -0.39 is 5.97 Å². The summed E-state index contributed by atoms with van der Waals surface area (Å²) in [6.45, 7) is 9.74. The van der Waals surface area contributed by atoms with Crippen LogP contribution in [0.25, 0.3) is 0 Å². The number of amides is 1. The first kappa shape index (κ1) is 18.9. The number of aryl methyl sites for hydroxylation is 1. The van der Waals surface area contributed by atoms with Gasteiger partial charge in [-0.15, -0.1) is 0 Å². The van der Waals surface area contributed by atoms with E-state index in [0.29, 0.717) is 35.5 Å².